The fourth-order valence-electron chi connectivity index (χ4n) is 2.31. The molecule has 0 aliphatic heterocycles. The molecule has 0 amide bonds. The van der Waals surface area contributed by atoms with E-state index in [0.29, 0.717) is 6.61 Å². The number of benzene rings is 2. The Labute approximate surface area is 118 Å². The summed E-state index contributed by atoms with van der Waals surface area (Å²) in [5, 5.41) is 10.7. The van der Waals surface area contributed by atoms with Crippen molar-refractivity contribution in [2.24, 2.45) is 7.05 Å². The molecule has 1 N–H and O–H groups in total. The first kappa shape index (κ1) is 12.6. The zero-order chi connectivity index (χ0) is 14.1. The lowest BCUT2D eigenvalue weighted by atomic mass is 10.2. The van der Waals surface area contributed by atoms with E-state index in [1.165, 1.54) is 5.56 Å². The summed E-state index contributed by atoms with van der Waals surface area (Å²) in [7, 11) is 1.98. The number of hydrogen-bond acceptors (Lipinski definition) is 2. The predicted molar refractivity (Wildman–Crippen MR) is 80.1 cm³/mol. The smallest absolute Gasteiger partial charge is 0.128 e. The van der Waals surface area contributed by atoms with Crippen LogP contribution in [-0.2, 0) is 13.7 Å². The van der Waals surface area contributed by atoms with Crippen LogP contribution in [0, 0.1) is 6.92 Å². The molecule has 0 bridgehead atoms. The first-order valence-corrected chi connectivity index (χ1v) is 6.60. The van der Waals surface area contributed by atoms with Gasteiger partial charge in [0.2, 0.25) is 0 Å². The zero-order valence-corrected chi connectivity index (χ0v) is 11.6. The summed E-state index contributed by atoms with van der Waals surface area (Å²) in [5.41, 5.74) is 3.30. The van der Waals surface area contributed by atoms with Crippen LogP contribution < -0.4 is 4.74 Å². The maximum atomic E-state index is 9.55. The molecule has 0 unspecified atom stereocenters. The van der Waals surface area contributed by atoms with Gasteiger partial charge in [-0.2, -0.15) is 0 Å². The zero-order valence-electron chi connectivity index (χ0n) is 11.6. The highest BCUT2D eigenvalue weighted by Gasteiger charge is 2.07. The first-order chi connectivity index (χ1) is 9.63. The molecular formula is C17H17NO2. The summed E-state index contributed by atoms with van der Waals surface area (Å²) in [4.78, 5) is 0. The number of aryl methyl sites for hydroxylation is 2. The second kappa shape index (κ2) is 4.93. The van der Waals surface area contributed by atoms with Crippen LogP contribution in [0.4, 0.5) is 0 Å². The van der Waals surface area contributed by atoms with Gasteiger partial charge < -0.3 is 14.4 Å². The molecule has 0 fully saturated rings. The van der Waals surface area contributed by atoms with Gasteiger partial charge in [-0.15, -0.1) is 0 Å². The van der Waals surface area contributed by atoms with Crippen LogP contribution in [0.15, 0.2) is 48.5 Å². The monoisotopic (exact) mass is 267 g/mol. The Morgan fingerprint density at radius 3 is 2.55 bits per heavy atom. The molecule has 3 heteroatoms. The quantitative estimate of drug-likeness (QED) is 0.783. The van der Waals surface area contributed by atoms with E-state index in [1.807, 2.05) is 41.9 Å². The van der Waals surface area contributed by atoms with Gasteiger partial charge in [0.05, 0.1) is 11.2 Å². The topological polar surface area (TPSA) is 34.4 Å². The van der Waals surface area contributed by atoms with Crippen molar-refractivity contribution >= 4 is 10.9 Å². The van der Waals surface area contributed by atoms with Gasteiger partial charge in [-0.3, -0.25) is 0 Å². The fraction of sp³-hybridized carbons (Fsp3) is 0.176. The molecule has 3 aromatic rings. The van der Waals surface area contributed by atoms with E-state index in [-0.39, 0.29) is 5.75 Å². The minimum atomic E-state index is 0.282. The molecule has 102 valence electrons. The third-order valence-electron chi connectivity index (χ3n) is 3.54. The third kappa shape index (κ3) is 2.35. The maximum Gasteiger partial charge on any atom is 0.128 e. The highest BCUT2D eigenvalue weighted by molar-refractivity contribution is 5.82. The van der Waals surface area contributed by atoms with Crippen LogP contribution in [0.1, 0.15) is 11.3 Å². The van der Waals surface area contributed by atoms with Crippen molar-refractivity contribution in [3.63, 3.8) is 0 Å². The lowest BCUT2D eigenvalue weighted by Gasteiger charge is -2.08. The van der Waals surface area contributed by atoms with Crippen LogP contribution in [0.2, 0.25) is 0 Å². The van der Waals surface area contributed by atoms with Gasteiger partial charge in [-0.05, 0) is 37.3 Å². The molecule has 0 saturated carbocycles. The number of aromatic hydroxyl groups is 1. The van der Waals surface area contributed by atoms with Gasteiger partial charge in [0.15, 0.2) is 0 Å². The molecule has 3 rings (SSSR count). The molecule has 3 nitrogen and oxygen atoms in total. The van der Waals surface area contributed by atoms with E-state index < -0.39 is 0 Å². The summed E-state index contributed by atoms with van der Waals surface area (Å²) in [6.07, 6.45) is 0. The highest BCUT2D eigenvalue weighted by Crippen LogP contribution is 2.24. The van der Waals surface area contributed by atoms with Crippen LogP contribution in [0.25, 0.3) is 10.9 Å². The molecule has 0 spiro atoms. The summed E-state index contributed by atoms with van der Waals surface area (Å²) in [6, 6.07) is 15.5. The van der Waals surface area contributed by atoms with E-state index in [9.17, 15) is 5.11 Å². The summed E-state index contributed by atoms with van der Waals surface area (Å²) < 4.78 is 7.85. The lowest BCUT2D eigenvalue weighted by molar-refractivity contribution is 0.297. The van der Waals surface area contributed by atoms with Crippen LogP contribution in [0.3, 0.4) is 0 Å². The van der Waals surface area contributed by atoms with E-state index >= 15 is 0 Å². The SMILES string of the molecule is Cc1ccc(OCc2cc3ccc(O)cc3n2C)cc1. The summed E-state index contributed by atoms with van der Waals surface area (Å²) >= 11 is 0. The van der Waals surface area contributed by atoms with E-state index in [0.717, 1.165) is 22.3 Å². The normalized spacial score (nSPS) is 10.9. The molecule has 0 atom stereocenters. The molecule has 0 saturated heterocycles. The second-order valence-electron chi connectivity index (χ2n) is 5.04. The number of rotatable bonds is 3. The lowest BCUT2D eigenvalue weighted by Crippen LogP contribution is -2.01. The second-order valence-corrected chi connectivity index (χ2v) is 5.04. The Kier molecular flexibility index (Phi) is 3.11. The fourth-order valence-corrected chi connectivity index (χ4v) is 2.31. The largest absolute Gasteiger partial charge is 0.508 e. The molecule has 1 aromatic heterocycles. The number of nitrogens with zero attached hydrogens (tertiary/aromatic N) is 1. The molecule has 0 radical (unpaired) electrons. The van der Waals surface area contributed by atoms with Crippen LogP contribution in [-0.4, -0.2) is 9.67 Å². The average molecular weight is 267 g/mol. The number of fused-ring (bicyclic) bond motifs is 1. The predicted octanol–water partition coefficient (Wildman–Crippen LogP) is 3.77. The minimum Gasteiger partial charge on any atom is -0.508 e. The average Bonchev–Trinajstić information content (AvgIpc) is 2.75. The Hall–Kier alpha value is -2.42. The summed E-state index contributed by atoms with van der Waals surface area (Å²) in [6.45, 7) is 2.56. The van der Waals surface area contributed by atoms with Gasteiger partial charge in [0.1, 0.15) is 18.1 Å². The van der Waals surface area contributed by atoms with Crippen molar-refractivity contribution in [1.29, 1.82) is 0 Å². The molecule has 1 heterocycles. The Balaban J connectivity index is 1.84. The number of phenolic OH excluding ortho intramolecular Hbond substituents is 1. The summed E-state index contributed by atoms with van der Waals surface area (Å²) in [5.74, 6) is 1.15. The van der Waals surface area contributed by atoms with Gasteiger partial charge in [-0.1, -0.05) is 17.7 Å². The van der Waals surface area contributed by atoms with Gasteiger partial charge in [-0.25, -0.2) is 0 Å². The third-order valence-corrected chi connectivity index (χ3v) is 3.54. The number of phenols is 1. The number of hydrogen-bond donors (Lipinski definition) is 1. The van der Waals surface area contributed by atoms with E-state index in [1.54, 1.807) is 12.1 Å². The Bertz CT molecular complexity index is 742. The number of ether oxygens (including phenoxy) is 1. The molecule has 0 aliphatic rings. The standard InChI is InChI=1S/C17H17NO2/c1-12-3-7-16(8-4-12)20-11-14-9-13-5-6-15(19)10-17(13)18(14)2/h3-10,19H,11H2,1-2H3. The Morgan fingerprint density at radius 2 is 1.80 bits per heavy atom. The van der Waals surface area contributed by atoms with Crippen LogP contribution in [0.5, 0.6) is 11.5 Å². The minimum absolute atomic E-state index is 0.282. The van der Waals surface area contributed by atoms with Crippen molar-refractivity contribution in [2.45, 2.75) is 13.5 Å². The van der Waals surface area contributed by atoms with Crippen molar-refractivity contribution in [2.75, 3.05) is 0 Å². The highest BCUT2D eigenvalue weighted by atomic mass is 16.5. The van der Waals surface area contributed by atoms with Gasteiger partial charge in [0.25, 0.3) is 0 Å². The molecular weight excluding hydrogens is 250 g/mol. The van der Waals surface area contributed by atoms with Crippen molar-refractivity contribution < 1.29 is 9.84 Å². The van der Waals surface area contributed by atoms with Crippen molar-refractivity contribution in [3.8, 4) is 11.5 Å². The van der Waals surface area contributed by atoms with Crippen LogP contribution >= 0.6 is 0 Å². The molecule has 2 aromatic carbocycles. The number of aromatic nitrogens is 1. The van der Waals surface area contributed by atoms with Gasteiger partial charge >= 0.3 is 0 Å². The van der Waals surface area contributed by atoms with E-state index in [2.05, 4.69) is 13.0 Å². The Morgan fingerprint density at radius 1 is 1.05 bits per heavy atom. The van der Waals surface area contributed by atoms with Gasteiger partial charge in [0, 0.05) is 18.5 Å². The molecule has 20 heavy (non-hydrogen) atoms. The first-order valence-electron chi connectivity index (χ1n) is 6.60. The molecule has 0 aliphatic carbocycles. The van der Waals surface area contributed by atoms with E-state index in [4.69, 9.17) is 4.74 Å². The maximum absolute atomic E-state index is 9.55. The van der Waals surface area contributed by atoms with Crippen molar-refractivity contribution in [1.82, 2.24) is 4.57 Å². The van der Waals surface area contributed by atoms with Crippen molar-refractivity contribution in [3.05, 3.63) is 59.8 Å².